The molecule has 0 aromatic rings. The lowest BCUT2D eigenvalue weighted by molar-refractivity contribution is -0.161. The number of unbranched alkanes of at least 4 members (excludes halogenated alkanes) is 14. The molecule has 0 radical (unpaired) electrons. The van der Waals surface area contributed by atoms with Gasteiger partial charge in [-0.25, -0.2) is 9.13 Å². The first-order chi connectivity index (χ1) is 54.7. The molecular weight excluding hydrogens is 1450 g/mol. The van der Waals surface area contributed by atoms with Crippen LogP contribution in [0.1, 0.15) is 285 Å². The quantitative estimate of drug-likeness (QED) is 0.0169. The number of allylic oxidation sites excluding steroid dienone is 36. The zero-order chi connectivity index (χ0) is 81.7. The highest BCUT2D eigenvalue weighted by Gasteiger charge is 2.30. The number of carbonyl (C=O) groups is 4. The summed E-state index contributed by atoms with van der Waals surface area (Å²) in [6, 6.07) is 0. The highest BCUT2D eigenvalue weighted by Crippen LogP contribution is 2.45. The van der Waals surface area contributed by atoms with Gasteiger partial charge in [-0.1, -0.05) is 298 Å². The van der Waals surface area contributed by atoms with Crippen molar-refractivity contribution >= 4 is 39.5 Å². The number of hydrogen-bond donors (Lipinski definition) is 3. The molecule has 0 saturated carbocycles. The van der Waals surface area contributed by atoms with E-state index in [0.29, 0.717) is 51.4 Å². The monoisotopic (exact) mass is 1600 g/mol. The van der Waals surface area contributed by atoms with Crippen molar-refractivity contribution in [1.82, 2.24) is 0 Å². The van der Waals surface area contributed by atoms with Gasteiger partial charge in [0.2, 0.25) is 0 Å². The van der Waals surface area contributed by atoms with Crippen LogP contribution in [0.15, 0.2) is 219 Å². The molecule has 0 rings (SSSR count). The van der Waals surface area contributed by atoms with Crippen molar-refractivity contribution in [3.8, 4) is 0 Å². The molecule has 630 valence electrons. The van der Waals surface area contributed by atoms with Gasteiger partial charge in [0.15, 0.2) is 12.2 Å². The zero-order valence-corrected chi connectivity index (χ0v) is 70.8. The Kier molecular flexibility index (Phi) is 77.5. The van der Waals surface area contributed by atoms with Gasteiger partial charge in [-0.2, -0.15) is 0 Å². The number of phosphoric ester groups is 2. The Morgan fingerprint density at radius 2 is 0.446 bits per heavy atom. The van der Waals surface area contributed by atoms with Gasteiger partial charge in [-0.15, -0.1) is 0 Å². The molecule has 0 aliphatic heterocycles. The largest absolute Gasteiger partial charge is 0.472 e. The average molecular weight is 1600 g/mol. The molecular formula is C93H146O17P2. The number of aliphatic hydroxyl groups is 1. The predicted octanol–water partition coefficient (Wildman–Crippen LogP) is 25.2. The SMILES string of the molecule is CCCCC/C=C\C/C=C\C/C=C\C/C=C\C/C=C\CCC(=O)OC[C@H](COP(=O)(O)OC[C@@H](O)COP(=O)(O)OC[C@@H](COC(=O)CCC/C=C\C/C=C\C/C=C\C/C=C\CCCCC)OC(=O)CCC/C=C\C/C=C\C/C=C\C/C=C\CCCCC)OC(=O)CC/C=C\C/C=C\C/C=C\C/C=C\C/C=C\CCCCC. The minimum atomic E-state index is -5.04. The maximum absolute atomic E-state index is 13.1. The van der Waals surface area contributed by atoms with Crippen molar-refractivity contribution in [3.63, 3.8) is 0 Å². The van der Waals surface area contributed by atoms with Crippen molar-refractivity contribution < 1.29 is 80.2 Å². The molecule has 0 amide bonds. The van der Waals surface area contributed by atoms with E-state index in [4.69, 9.17) is 37.0 Å². The normalized spacial score (nSPS) is 14.9. The summed E-state index contributed by atoms with van der Waals surface area (Å²) < 4.78 is 68.4. The van der Waals surface area contributed by atoms with Crippen molar-refractivity contribution in [2.75, 3.05) is 39.6 Å². The van der Waals surface area contributed by atoms with E-state index in [1.807, 2.05) is 60.8 Å². The number of esters is 4. The van der Waals surface area contributed by atoms with Gasteiger partial charge in [0.25, 0.3) is 0 Å². The molecule has 0 spiro atoms. The van der Waals surface area contributed by atoms with Crippen LogP contribution in [0.25, 0.3) is 0 Å². The number of hydrogen-bond acceptors (Lipinski definition) is 15. The Balaban J connectivity index is 5.65. The summed E-state index contributed by atoms with van der Waals surface area (Å²) in [5.74, 6) is -2.53. The first-order valence-corrected chi connectivity index (χ1v) is 45.0. The lowest BCUT2D eigenvalue weighted by Crippen LogP contribution is -2.30. The lowest BCUT2D eigenvalue weighted by Gasteiger charge is -2.21. The summed E-state index contributed by atoms with van der Waals surface area (Å²) in [7, 11) is -10.1. The summed E-state index contributed by atoms with van der Waals surface area (Å²) in [5.41, 5.74) is 0. The van der Waals surface area contributed by atoms with Crippen molar-refractivity contribution in [3.05, 3.63) is 219 Å². The van der Waals surface area contributed by atoms with Crippen LogP contribution >= 0.6 is 15.6 Å². The van der Waals surface area contributed by atoms with Crippen molar-refractivity contribution in [1.29, 1.82) is 0 Å². The van der Waals surface area contributed by atoms with Gasteiger partial charge in [0.05, 0.1) is 26.4 Å². The Morgan fingerprint density at radius 3 is 0.705 bits per heavy atom. The van der Waals surface area contributed by atoms with Gasteiger partial charge in [0, 0.05) is 25.7 Å². The predicted molar refractivity (Wildman–Crippen MR) is 463 cm³/mol. The average Bonchev–Trinajstić information content (AvgIpc) is 0.898. The number of rotatable bonds is 76. The van der Waals surface area contributed by atoms with E-state index in [0.717, 1.165) is 103 Å². The fraction of sp³-hybridized carbons (Fsp3) is 0.570. The second kappa shape index (κ2) is 82.4. The summed E-state index contributed by atoms with van der Waals surface area (Å²) >= 11 is 0. The standard InChI is InChI=1S/C93H146O17P2/c1-5-9-13-17-21-25-29-33-37-41-43-47-50-54-58-62-66-70-74-78-91(96)104-84-89(110-93(98)80-76-72-68-64-60-56-52-48-44-42-38-34-30-26-22-18-14-10-6-2)86-108-112(101,102)106-82-87(94)81-105-111(99,100)107-85-88(109-92(97)79-75-71-67-63-59-55-51-46-40-36-32-28-24-20-16-12-8-4)83-103-90(95)77-73-69-65-61-57-53-49-45-39-35-31-27-23-19-15-11-7-3/h21-28,33-40,43-44,47-49,51,53-56,58,60-61,63,65-68,70,72,87-89,94H,5-20,29-32,41-42,45-46,50,52,57,59,62,64,69,71,73-86H2,1-4H3,(H,99,100)(H,101,102)/b25-21-,26-22-,27-23-,28-24-,37-33-,38-34-,39-35-,40-36-,47-43-,48-44-,53-49-,55-51-,58-54-,60-56-,65-61-,67-63-,70-66-,72-68-/t87-,88+,89+/m0/s1. The van der Waals surface area contributed by atoms with E-state index in [9.17, 15) is 43.2 Å². The third-order valence-corrected chi connectivity index (χ3v) is 18.3. The third kappa shape index (κ3) is 81.4. The van der Waals surface area contributed by atoms with Crippen LogP contribution in [0.4, 0.5) is 0 Å². The maximum atomic E-state index is 13.1. The lowest BCUT2D eigenvalue weighted by atomic mass is 10.2. The van der Waals surface area contributed by atoms with Crippen LogP contribution in [0.5, 0.6) is 0 Å². The molecule has 0 aliphatic rings. The van der Waals surface area contributed by atoms with Crippen LogP contribution < -0.4 is 0 Å². The van der Waals surface area contributed by atoms with Gasteiger partial charge in [-0.05, 0) is 180 Å². The fourth-order valence-electron chi connectivity index (χ4n) is 9.99. The van der Waals surface area contributed by atoms with Crippen LogP contribution in [-0.2, 0) is 65.4 Å². The molecule has 0 bridgehead atoms. The second-order valence-corrected chi connectivity index (χ2v) is 29.9. The maximum Gasteiger partial charge on any atom is 0.472 e. The molecule has 0 aromatic heterocycles. The minimum Gasteiger partial charge on any atom is -0.462 e. The van der Waals surface area contributed by atoms with Gasteiger partial charge < -0.3 is 33.8 Å². The molecule has 0 aliphatic carbocycles. The second-order valence-electron chi connectivity index (χ2n) is 27.0. The molecule has 2 unspecified atom stereocenters. The number of ether oxygens (including phenoxy) is 4. The molecule has 0 heterocycles. The fourth-order valence-corrected chi connectivity index (χ4v) is 11.6. The summed E-state index contributed by atoms with van der Waals surface area (Å²) in [6.45, 7) is 4.43. The summed E-state index contributed by atoms with van der Waals surface area (Å²) in [6.07, 6.45) is 105. The van der Waals surface area contributed by atoms with Crippen LogP contribution in [0.3, 0.4) is 0 Å². The third-order valence-electron chi connectivity index (χ3n) is 16.4. The van der Waals surface area contributed by atoms with Crippen LogP contribution in [0, 0.1) is 0 Å². The van der Waals surface area contributed by atoms with Gasteiger partial charge in [-0.3, -0.25) is 37.3 Å². The molecule has 3 N–H and O–H groups in total. The number of phosphoric acid groups is 2. The minimum absolute atomic E-state index is 0.00573. The van der Waals surface area contributed by atoms with E-state index in [1.165, 1.54) is 77.0 Å². The molecule has 0 saturated heterocycles. The van der Waals surface area contributed by atoms with Crippen LogP contribution in [-0.4, -0.2) is 96.7 Å². The molecule has 5 atom stereocenters. The van der Waals surface area contributed by atoms with Gasteiger partial charge in [0.1, 0.15) is 19.3 Å². The molecule has 19 heteroatoms. The number of carbonyl (C=O) groups excluding carboxylic acids is 4. The van der Waals surface area contributed by atoms with Crippen molar-refractivity contribution in [2.24, 2.45) is 0 Å². The zero-order valence-electron chi connectivity index (χ0n) is 69.0. The van der Waals surface area contributed by atoms with E-state index >= 15 is 0 Å². The first-order valence-electron chi connectivity index (χ1n) is 42.0. The Morgan fingerprint density at radius 1 is 0.250 bits per heavy atom. The van der Waals surface area contributed by atoms with Gasteiger partial charge >= 0.3 is 39.5 Å². The summed E-state index contributed by atoms with van der Waals surface area (Å²) in [5, 5.41) is 10.7. The van der Waals surface area contributed by atoms with Crippen LogP contribution in [0.2, 0.25) is 0 Å². The van der Waals surface area contributed by atoms with E-state index in [1.54, 1.807) is 0 Å². The Labute approximate surface area is 677 Å². The smallest absolute Gasteiger partial charge is 0.462 e. The van der Waals surface area contributed by atoms with E-state index in [-0.39, 0.29) is 25.7 Å². The Bertz CT molecular complexity index is 2990. The molecule has 112 heavy (non-hydrogen) atoms. The molecule has 0 fully saturated rings. The highest BCUT2D eigenvalue weighted by atomic mass is 31.2. The van der Waals surface area contributed by atoms with E-state index < -0.39 is 97.5 Å². The Hall–Kier alpha value is -6.62. The van der Waals surface area contributed by atoms with E-state index in [2.05, 4.69) is 186 Å². The van der Waals surface area contributed by atoms with Crippen molar-refractivity contribution in [2.45, 2.75) is 303 Å². The molecule has 17 nitrogen and oxygen atoms in total. The highest BCUT2D eigenvalue weighted by molar-refractivity contribution is 7.47. The first kappa shape index (κ1) is 105. The summed E-state index contributed by atoms with van der Waals surface area (Å²) in [4.78, 5) is 73.1. The number of aliphatic hydroxyl groups excluding tert-OH is 1. The molecule has 0 aromatic carbocycles. The topological polar surface area (TPSA) is 237 Å².